The summed E-state index contributed by atoms with van der Waals surface area (Å²) in [4.78, 5) is 2.43. The van der Waals surface area contributed by atoms with Crippen LogP contribution in [0.5, 0.6) is 0 Å². The van der Waals surface area contributed by atoms with Crippen molar-refractivity contribution in [3.05, 3.63) is 24.3 Å². The third kappa shape index (κ3) is 4.18. The third-order valence-corrected chi connectivity index (χ3v) is 4.87. The summed E-state index contributed by atoms with van der Waals surface area (Å²) in [6.07, 6.45) is 4.45. The van der Waals surface area contributed by atoms with E-state index < -0.39 is 10.0 Å². The minimum atomic E-state index is -3.69. The average Bonchev–Trinajstić information content (AvgIpc) is 2.47. The van der Waals surface area contributed by atoms with Crippen LogP contribution in [-0.4, -0.2) is 34.1 Å². The summed E-state index contributed by atoms with van der Waals surface area (Å²) in [6, 6.07) is 7.37. The summed E-state index contributed by atoms with van der Waals surface area (Å²) in [5, 5.41) is 8.80. The number of nitrogens with zero attached hydrogens (tertiary/aromatic N) is 1. The molecule has 6 heteroatoms. The Kier molecular flexibility index (Phi) is 5.61. The number of primary sulfonamides is 1. The molecule has 0 saturated carbocycles. The largest absolute Gasteiger partial charge is 0.366 e. The van der Waals surface area contributed by atoms with E-state index in [0.29, 0.717) is 6.04 Å². The van der Waals surface area contributed by atoms with Crippen molar-refractivity contribution in [3.8, 4) is 0 Å². The maximum atomic E-state index is 11.8. The van der Waals surface area contributed by atoms with Crippen molar-refractivity contribution < 1.29 is 8.42 Å². The minimum absolute atomic E-state index is 0.229. The van der Waals surface area contributed by atoms with Gasteiger partial charge in [-0.3, -0.25) is 0 Å². The standard InChI is InChI=1S/C15H25N3O2S/c1-2-10-17-12-13-7-5-6-11-18(13)14-8-3-4-9-15(14)21(16,19)20/h3-4,8-9,13,17H,2,5-7,10-12H2,1H3,(H2,16,19,20). The lowest BCUT2D eigenvalue weighted by Gasteiger charge is -2.38. The average molecular weight is 311 g/mol. The summed E-state index contributed by atoms with van der Waals surface area (Å²) in [7, 11) is -3.69. The van der Waals surface area contributed by atoms with Gasteiger partial charge in [0.25, 0.3) is 0 Å². The van der Waals surface area contributed by atoms with Crippen LogP contribution in [0.1, 0.15) is 32.6 Å². The molecular formula is C15H25N3O2S. The first kappa shape index (κ1) is 16.3. The van der Waals surface area contributed by atoms with Crippen molar-refractivity contribution >= 4 is 15.7 Å². The number of hydrogen-bond acceptors (Lipinski definition) is 4. The molecule has 0 bridgehead atoms. The summed E-state index contributed by atoms with van der Waals surface area (Å²) in [5.74, 6) is 0. The van der Waals surface area contributed by atoms with E-state index in [9.17, 15) is 8.42 Å². The van der Waals surface area contributed by atoms with Gasteiger partial charge < -0.3 is 10.2 Å². The molecule has 0 aromatic heterocycles. The van der Waals surface area contributed by atoms with Gasteiger partial charge in [0.05, 0.1) is 5.69 Å². The van der Waals surface area contributed by atoms with Gasteiger partial charge in [0.15, 0.2) is 0 Å². The van der Waals surface area contributed by atoms with Gasteiger partial charge in [-0.05, 0) is 44.4 Å². The monoisotopic (exact) mass is 311 g/mol. The molecule has 1 fully saturated rings. The number of sulfonamides is 1. The van der Waals surface area contributed by atoms with Crippen molar-refractivity contribution in [1.82, 2.24) is 5.32 Å². The Morgan fingerprint density at radius 1 is 1.33 bits per heavy atom. The minimum Gasteiger partial charge on any atom is -0.366 e. The van der Waals surface area contributed by atoms with Crippen LogP contribution in [0.2, 0.25) is 0 Å². The number of rotatable bonds is 6. The highest BCUT2D eigenvalue weighted by Gasteiger charge is 2.26. The molecule has 1 aliphatic rings. The molecule has 1 aliphatic heterocycles. The van der Waals surface area contributed by atoms with Crippen LogP contribution in [0.3, 0.4) is 0 Å². The highest BCUT2D eigenvalue weighted by molar-refractivity contribution is 7.89. The summed E-state index contributed by atoms with van der Waals surface area (Å²) >= 11 is 0. The van der Waals surface area contributed by atoms with Crippen LogP contribution in [0.15, 0.2) is 29.2 Å². The van der Waals surface area contributed by atoms with Crippen molar-refractivity contribution in [2.24, 2.45) is 5.14 Å². The first-order valence-electron chi connectivity index (χ1n) is 7.63. The fourth-order valence-electron chi connectivity index (χ4n) is 2.91. The summed E-state index contributed by atoms with van der Waals surface area (Å²) < 4.78 is 23.6. The molecule has 0 aliphatic carbocycles. The lowest BCUT2D eigenvalue weighted by Crippen LogP contribution is -2.46. The van der Waals surface area contributed by atoms with Gasteiger partial charge in [0.1, 0.15) is 4.90 Å². The van der Waals surface area contributed by atoms with E-state index in [1.807, 2.05) is 12.1 Å². The van der Waals surface area contributed by atoms with E-state index in [-0.39, 0.29) is 4.90 Å². The quantitative estimate of drug-likeness (QED) is 0.784. The first-order valence-corrected chi connectivity index (χ1v) is 9.18. The topological polar surface area (TPSA) is 75.4 Å². The predicted molar refractivity (Wildman–Crippen MR) is 86.0 cm³/mol. The maximum Gasteiger partial charge on any atom is 0.240 e. The molecule has 118 valence electrons. The molecule has 1 heterocycles. The van der Waals surface area contributed by atoms with Crippen LogP contribution < -0.4 is 15.4 Å². The Labute approximate surface area is 127 Å². The Morgan fingerprint density at radius 3 is 2.81 bits per heavy atom. The van der Waals surface area contributed by atoms with Crippen LogP contribution in [0.4, 0.5) is 5.69 Å². The zero-order chi connectivity index (χ0) is 15.3. The van der Waals surface area contributed by atoms with E-state index >= 15 is 0 Å². The second kappa shape index (κ2) is 7.24. The van der Waals surface area contributed by atoms with Gasteiger partial charge in [-0.25, -0.2) is 13.6 Å². The van der Waals surface area contributed by atoms with E-state index in [4.69, 9.17) is 5.14 Å². The fourth-order valence-corrected chi connectivity index (χ4v) is 3.66. The number of para-hydroxylation sites is 1. The molecule has 0 amide bonds. The fraction of sp³-hybridized carbons (Fsp3) is 0.600. The molecule has 1 aromatic rings. The van der Waals surface area contributed by atoms with Crippen molar-refractivity contribution in [1.29, 1.82) is 0 Å². The highest BCUT2D eigenvalue weighted by atomic mass is 32.2. The maximum absolute atomic E-state index is 11.8. The van der Waals surface area contributed by atoms with E-state index in [1.165, 1.54) is 6.42 Å². The predicted octanol–water partition coefficient (Wildman–Crippen LogP) is 1.69. The Bertz CT molecular complexity index is 560. The molecule has 1 atom stereocenters. The van der Waals surface area contributed by atoms with Crippen molar-refractivity contribution in [2.75, 3.05) is 24.5 Å². The number of anilines is 1. The first-order chi connectivity index (χ1) is 10.0. The van der Waals surface area contributed by atoms with E-state index in [2.05, 4.69) is 17.1 Å². The molecule has 2 rings (SSSR count). The van der Waals surface area contributed by atoms with Gasteiger partial charge in [0, 0.05) is 19.1 Å². The number of hydrogen-bond donors (Lipinski definition) is 2. The SMILES string of the molecule is CCCNCC1CCCCN1c1ccccc1S(N)(=O)=O. The van der Waals surface area contributed by atoms with Gasteiger partial charge in [-0.15, -0.1) is 0 Å². The third-order valence-electron chi connectivity index (χ3n) is 3.92. The molecule has 21 heavy (non-hydrogen) atoms. The molecule has 1 saturated heterocycles. The van der Waals surface area contributed by atoms with Gasteiger partial charge in [0.2, 0.25) is 10.0 Å². The summed E-state index contributed by atoms with van der Waals surface area (Å²) in [6.45, 7) is 4.89. The lowest BCUT2D eigenvalue weighted by atomic mass is 10.0. The van der Waals surface area contributed by atoms with Gasteiger partial charge in [-0.2, -0.15) is 0 Å². The molecule has 0 radical (unpaired) electrons. The van der Waals surface area contributed by atoms with E-state index in [1.54, 1.807) is 12.1 Å². The highest BCUT2D eigenvalue weighted by Crippen LogP contribution is 2.29. The van der Waals surface area contributed by atoms with E-state index in [0.717, 1.165) is 44.6 Å². The zero-order valence-electron chi connectivity index (χ0n) is 12.6. The molecule has 1 aromatic carbocycles. The number of benzene rings is 1. The van der Waals surface area contributed by atoms with Gasteiger partial charge >= 0.3 is 0 Å². The molecule has 0 spiro atoms. The van der Waals surface area contributed by atoms with Crippen molar-refractivity contribution in [2.45, 2.75) is 43.5 Å². The molecule has 5 nitrogen and oxygen atoms in total. The Morgan fingerprint density at radius 2 is 2.10 bits per heavy atom. The van der Waals surface area contributed by atoms with Crippen LogP contribution in [-0.2, 0) is 10.0 Å². The number of nitrogens with one attached hydrogen (secondary N) is 1. The molecular weight excluding hydrogens is 286 g/mol. The smallest absolute Gasteiger partial charge is 0.240 e. The lowest BCUT2D eigenvalue weighted by molar-refractivity contribution is 0.433. The van der Waals surface area contributed by atoms with Crippen molar-refractivity contribution in [3.63, 3.8) is 0 Å². The number of piperidine rings is 1. The molecule has 3 N–H and O–H groups in total. The molecule has 1 unspecified atom stereocenters. The number of nitrogens with two attached hydrogens (primary N) is 1. The second-order valence-electron chi connectivity index (χ2n) is 5.56. The summed E-state index contributed by atoms with van der Waals surface area (Å²) in [5.41, 5.74) is 0.739. The van der Waals surface area contributed by atoms with Crippen LogP contribution in [0, 0.1) is 0 Å². The zero-order valence-corrected chi connectivity index (χ0v) is 13.4. The normalized spacial score (nSPS) is 19.7. The Hall–Kier alpha value is -1.11. The van der Waals surface area contributed by atoms with Crippen LogP contribution in [0.25, 0.3) is 0 Å². The van der Waals surface area contributed by atoms with Gasteiger partial charge in [-0.1, -0.05) is 19.1 Å². The Balaban J connectivity index is 2.25. The van der Waals surface area contributed by atoms with Crippen LogP contribution >= 0.6 is 0 Å². The second-order valence-corrected chi connectivity index (χ2v) is 7.09.